The third-order valence-electron chi connectivity index (χ3n) is 2.57. The van der Waals surface area contributed by atoms with E-state index in [-0.39, 0.29) is 23.0 Å². The number of amidine groups is 1. The molecule has 0 fully saturated rings. The molecule has 8 heteroatoms. The second-order valence-corrected chi connectivity index (χ2v) is 4.59. The predicted octanol–water partition coefficient (Wildman–Crippen LogP) is 3.21. The van der Waals surface area contributed by atoms with Gasteiger partial charge in [0.15, 0.2) is 5.84 Å². The van der Waals surface area contributed by atoms with Crippen molar-refractivity contribution in [1.82, 2.24) is 0 Å². The summed E-state index contributed by atoms with van der Waals surface area (Å²) in [6.07, 6.45) is -3.73. The number of hydrogen-bond donors (Lipinski definition) is 2. The van der Waals surface area contributed by atoms with Gasteiger partial charge < -0.3 is 15.8 Å². The maximum Gasteiger partial charge on any atom is 0.405 e. The van der Waals surface area contributed by atoms with Gasteiger partial charge in [-0.15, -0.1) is 0 Å². The molecule has 0 spiro atoms. The maximum absolute atomic E-state index is 12.5. The van der Waals surface area contributed by atoms with Crippen molar-refractivity contribution in [3.63, 3.8) is 0 Å². The minimum Gasteiger partial charge on any atom is -0.409 e. The molecule has 1 rings (SSSR count). The highest BCUT2D eigenvalue weighted by molar-refractivity contribution is 6.34. The lowest BCUT2D eigenvalue weighted by molar-refractivity contribution is -0.119. The Morgan fingerprint density at radius 3 is 2.55 bits per heavy atom. The lowest BCUT2D eigenvalue weighted by Crippen LogP contribution is -2.34. The van der Waals surface area contributed by atoms with Crippen LogP contribution in [0.1, 0.15) is 18.9 Å². The van der Waals surface area contributed by atoms with Gasteiger partial charge >= 0.3 is 6.18 Å². The van der Waals surface area contributed by atoms with Gasteiger partial charge in [-0.05, 0) is 24.6 Å². The van der Waals surface area contributed by atoms with Crippen molar-refractivity contribution in [2.45, 2.75) is 19.5 Å². The summed E-state index contributed by atoms with van der Waals surface area (Å²) in [6.45, 7) is 0.981. The van der Waals surface area contributed by atoms with E-state index in [4.69, 9.17) is 22.5 Å². The Hall–Kier alpha value is -1.63. The molecule has 0 heterocycles. The van der Waals surface area contributed by atoms with Crippen LogP contribution in [0.15, 0.2) is 23.4 Å². The van der Waals surface area contributed by atoms with Crippen molar-refractivity contribution in [3.05, 3.63) is 28.8 Å². The van der Waals surface area contributed by atoms with Crippen LogP contribution in [0.4, 0.5) is 18.9 Å². The summed E-state index contributed by atoms with van der Waals surface area (Å²) in [5, 5.41) is 11.5. The van der Waals surface area contributed by atoms with Crippen LogP contribution in [-0.4, -0.2) is 30.3 Å². The monoisotopic (exact) mass is 309 g/mol. The average molecular weight is 310 g/mol. The van der Waals surface area contributed by atoms with E-state index in [1.165, 1.54) is 23.1 Å². The summed E-state index contributed by atoms with van der Waals surface area (Å²) in [7, 11) is 0. The van der Waals surface area contributed by atoms with Gasteiger partial charge in [0.2, 0.25) is 0 Å². The zero-order valence-corrected chi connectivity index (χ0v) is 11.5. The summed E-state index contributed by atoms with van der Waals surface area (Å²) >= 11 is 5.94. The highest BCUT2D eigenvalue weighted by atomic mass is 35.5. The molecule has 0 amide bonds. The lowest BCUT2D eigenvalue weighted by Gasteiger charge is -2.26. The van der Waals surface area contributed by atoms with E-state index >= 15 is 0 Å². The van der Waals surface area contributed by atoms with E-state index < -0.39 is 12.7 Å². The molecule has 0 aliphatic heterocycles. The Kier molecular flexibility index (Phi) is 5.50. The van der Waals surface area contributed by atoms with Crippen LogP contribution >= 0.6 is 11.6 Å². The van der Waals surface area contributed by atoms with Gasteiger partial charge in [-0.1, -0.05) is 23.7 Å². The number of anilines is 1. The van der Waals surface area contributed by atoms with Crippen molar-refractivity contribution in [2.75, 3.05) is 18.0 Å². The van der Waals surface area contributed by atoms with E-state index in [0.29, 0.717) is 12.1 Å². The Labute approximate surface area is 119 Å². The topological polar surface area (TPSA) is 61.8 Å². The van der Waals surface area contributed by atoms with Crippen LogP contribution in [0.5, 0.6) is 0 Å². The number of alkyl halides is 3. The zero-order valence-electron chi connectivity index (χ0n) is 10.8. The van der Waals surface area contributed by atoms with E-state index in [1.54, 1.807) is 6.92 Å². The van der Waals surface area contributed by atoms with Crippen molar-refractivity contribution < 1.29 is 18.4 Å². The highest BCUT2D eigenvalue weighted by Gasteiger charge is 2.30. The predicted molar refractivity (Wildman–Crippen MR) is 72.5 cm³/mol. The molecule has 112 valence electrons. The van der Waals surface area contributed by atoms with Gasteiger partial charge in [-0.25, -0.2) is 0 Å². The van der Waals surface area contributed by atoms with Crippen molar-refractivity contribution >= 4 is 23.1 Å². The number of benzene rings is 1. The fourth-order valence-corrected chi connectivity index (χ4v) is 2.02. The molecule has 4 nitrogen and oxygen atoms in total. The SMILES string of the molecule is CCCN(CC(F)(F)F)c1ccc(C(N)=NO)c(Cl)c1. The van der Waals surface area contributed by atoms with Gasteiger partial charge in [-0.2, -0.15) is 13.2 Å². The number of nitrogens with two attached hydrogens (primary N) is 1. The third-order valence-corrected chi connectivity index (χ3v) is 2.88. The molecule has 0 unspecified atom stereocenters. The highest BCUT2D eigenvalue weighted by Crippen LogP contribution is 2.27. The minimum absolute atomic E-state index is 0.126. The molecule has 1 aromatic carbocycles. The van der Waals surface area contributed by atoms with Crippen molar-refractivity contribution in [1.29, 1.82) is 0 Å². The van der Waals surface area contributed by atoms with E-state index in [9.17, 15) is 13.2 Å². The smallest absolute Gasteiger partial charge is 0.405 e. The van der Waals surface area contributed by atoms with Crippen LogP contribution in [0.2, 0.25) is 5.02 Å². The van der Waals surface area contributed by atoms with Crippen molar-refractivity contribution in [3.8, 4) is 0 Å². The van der Waals surface area contributed by atoms with Gasteiger partial charge in [0.25, 0.3) is 0 Å². The molecule has 0 saturated carbocycles. The second-order valence-electron chi connectivity index (χ2n) is 4.19. The Morgan fingerprint density at radius 2 is 2.10 bits per heavy atom. The summed E-state index contributed by atoms with van der Waals surface area (Å²) in [6, 6.07) is 4.25. The fourth-order valence-electron chi connectivity index (χ4n) is 1.75. The van der Waals surface area contributed by atoms with E-state index in [0.717, 1.165) is 0 Å². The third kappa shape index (κ3) is 4.48. The van der Waals surface area contributed by atoms with Gasteiger partial charge in [0.05, 0.1) is 5.02 Å². The second kappa shape index (κ2) is 6.69. The molecule has 0 bridgehead atoms. The first-order valence-corrected chi connectivity index (χ1v) is 6.25. The first kappa shape index (κ1) is 16.4. The molecule has 0 atom stereocenters. The summed E-state index contributed by atoms with van der Waals surface area (Å²) < 4.78 is 37.6. The zero-order chi connectivity index (χ0) is 15.3. The minimum atomic E-state index is -4.30. The molecule has 0 aromatic heterocycles. The van der Waals surface area contributed by atoms with Gasteiger partial charge in [-0.3, -0.25) is 0 Å². The number of nitrogens with zero attached hydrogens (tertiary/aromatic N) is 2. The summed E-state index contributed by atoms with van der Waals surface area (Å²) in [4.78, 5) is 1.18. The summed E-state index contributed by atoms with van der Waals surface area (Å²) in [5.74, 6) is -0.195. The van der Waals surface area contributed by atoms with Crippen LogP contribution in [0.3, 0.4) is 0 Å². The molecule has 20 heavy (non-hydrogen) atoms. The Bertz CT molecular complexity index is 491. The number of oxime groups is 1. The molecule has 0 saturated heterocycles. The van der Waals surface area contributed by atoms with Crippen LogP contribution in [-0.2, 0) is 0 Å². The molecule has 0 aliphatic rings. The quantitative estimate of drug-likeness (QED) is 0.380. The molecular formula is C12H15ClF3N3O. The number of rotatable bonds is 5. The van der Waals surface area contributed by atoms with E-state index in [1.807, 2.05) is 0 Å². The Balaban J connectivity index is 3.07. The fraction of sp³-hybridized carbons (Fsp3) is 0.417. The molecule has 1 aromatic rings. The van der Waals surface area contributed by atoms with Crippen LogP contribution in [0, 0.1) is 0 Å². The first-order chi connectivity index (χ1) is 9.28. The van der Waals surface area contributed by atoms with E-state index in [2.05, 4.69) is 5.16 Å². The van der Waals surface area contributed by atoms with Crippen LogP contribution in [0.25, 0.3) is 0 Å². The normalized spacial score (nSPS) is 12.6. The molecule has 0 aliphatic carbocycles. The van der Waals surface area contributed by atoms with Gasteiger partial charge in [0, 0.05) is 17.8 Å². The summed E-state index contributed by atoms with van der Waals surface area (Å²) in [5.41, 5.74) is 6.01. The number of halogens is 4. The van der Waals surface area contributed by atoms with Crippen molar-refractivity contribution in [2.24, 2.45) is 10.9 Å². The lowest BCUT2D eigenvalue weighted by atomic mass is 10.1. The standard InChI is InChI=1S/C12H15ClF3N3O/c1-2-5-19(7-12(14,15)16)8-3-4-9(10(13)6-8)11(17)18-20/h3-4,6,20H,2,5,7H2,1H3,(H2,17,18). The largest absolute Gasteiger partial charge is 0.409 e. The maximum atomic E-state index is 12.5. The first-order valence-electron chi connectivity index (χ1n) is 5.87. The van der Waals surface area contributed by atoms with Crippen LogP contribution < -0.4 is 10.6 Å². The molecule has 3 N–H and O–H groups in total. The average Bonchev–Trinajstić information content (AvgIpc) is 2.35. The Morgan fingerprint density at radius 1 is 1.45 bits per heavy atom. The molecular weight excluding hydrogens is 295 g/mol. The number of hydrogen-bond acceptors (Lipinski definition) is 3. The van der Waals surface area contributed by atoms with Gasteiger partial charge in [0.1, 0.15) is 6.54 Å². The molecule has 0 radical (unpaired) electrons.